The second-order valence-corrected chi connectivity index (χ2v) is 4.55. The normalized spacial score (nSPS) is 10.0. The van der Waals surface area contributed by atoms with Gasteiger partial charge in [-0.3, -0.25) is 14.4 Å². The van der Waals surface area contributed by atoms with Crippen molar-refractivity contribution in [1.29, 1.82) is 0 Å². The van der Waals surface area contributed by atoms with Gasteiger partial charge < -0.3 is 15.3 Å². The summed E-state index contributed by atoms with van der Waals surface area (Å²) in [6.45, 7) is 3.90. The lowest BCUT2D eigenvalue weighted by Gasteiger charge is -2.21. The first kappa shape index (κ1) is 16.6. The maximum absolute atomic E-state index is 12.4. The van der Waals surface area contributed by atoms with Gasteiger partial charge >= 0.3 is 5.97 Å². The maximum atomic E-state index is 12.4. The Morgan fingerprint density at radius 2 is 2.05 bits per heavy atom. The number of nitrogens with zero attached hydrogens (tertiary/aromatic N) is 2. The van der Waals surface area contributed by atoms with Crippen LogP contribution >= 0.6 is 0 Å². The number of hydrogen-bond donors (Lipinski definition) is 2. The summed E-state index contributed by atoms with van der Waals surface area (Å²) in [5.41, 5.74) is 0.368. The van der Waals surface area contributed by atoms with E-state index in [4.69, 9.17) is 5.11 Å². The van der Waals surface area contributed by atoms with Crippen molar-refractivity contribution in [2.75, 3.05) is 18.4 Å². The van der Waals surface area contributed by atoms with Crippen molar-refractivity contribution in [1.82, 2.24) is 9.88 Å². The van der Waals surface area contributed by atoms with Gasteiger partial charge in [-0.25, -0.2) is 4.98 Å². The van der Waals surface area contributed by atoms with E-state index in [0.29, 0.717) is 17.9 Å². The summed E-state index contributed by atoms with van der Waals surface area (Å²) in [6, 6.07) is 3.02. The highest BCUT2D eigenvalue weighted by atomic mass is 16.4. The molecule has 0 unspecified atom stereocenters. The number of carboxylic acid groups (broad SMARTS) is 1. The minimum atomic E-state index is -0.947. The van der Waals surface area contributed by atoms with E-state index >= 15 is 0 Å². The Kier molecular flexibility index (Phi) is 6.32. The molecule has 7 nitrogen and oxygen atoms in total. The average Bonchev–Trinajstić information content (AvgIpc) is 2.42. The molecule has 114 valence electrons. The number of aromatic nitrogens is 1. The van der Waals surface area contributed by atoms with Crippen LogP contribution in [0.5, 0.6) is 0 Å². The van der Waals surface area contributed by atoms with Crippen molar-refractivity contribution in [3.8, 4) is 0 Å². The molecule has 0 aromatic carbocycles. The number of anilines is 1. The monoisotopic (exact) mass is 293 g/mol. The fourth-order valence-electron chi connectivity index (χ4n) is 1.81. The lowest BCUT2D eigenvalue weighted by Crippen LogP contribution is -2.33. The summed E-state index contributed by atoms with van der Waals surface area (Å²) >= 11 is 0. The smallest absolute Gasteiger partial charge is 0.305 e. The molecule has 0 spiro atoms. The van der Waals surface area contributed by atoms with Gasteiger partial charge in [-0.15, -0.1) is 0 Å². The second-order valence-electron chi connectivity index (χ2n) is 4.55. The molecule has 0 saturated carbocycles. The zero-order valence-electron chi connectivity index (χ0n) is 12.1. The summed E-state index contributed by atoms with van der Waals surface area (Å²) in [5, 5.41) is 11.2. The highest BCUT2D eigenvalue weighted by molar-refractivity contribution is 5.96. The topological polar surface area (TPSA) is 99.6 Å². The van der Waals surface area contributed by atoms with Crippen molar-refractivity contribution in [3.63, 3.8) is 0 Å². The third-order valence-electron chi connectivity index (χ3n) is 2.69. The maximum Gasteiger partial charge on any atom is 0.305 e. The van der Waals surface area contributed by atoms with Crippen LogP contribution in [0.15, 0.2) is 18.3 Å². The summed E-state index contributed by atoms with van der Waals surface area (Å²) in [6.07, 6.45) is 2.06. The second kappa shape index (κ2) is 7.98. The molecule has 0 aliphatic carbocycles. The van der Waals surface area contributed by atoms with E-state index in [9.17, 15) is 14.4 Å². The Balaban J connectivity index is 2.86. The average molecular weight is 293 g/mol. The van der Waals surface area contributed by atoms with Crippen LogP contribution in [-0.4, -0.2) is 45.9 Å². The molecule has 2 N–H and O–H groups in total. The largest absolute Gasteiger partial charge is 0.481 e. The fraction of sp³-hybridized carbons (Fsp3) is 0.429. The van der Waals surface area contributed by atoms with E-state index in [-0.39, 0.29) is 24.8 Å². The van der Waals surface area contributed by atoms with E-state index in [0.717, 1.165) is 6.42 Å². The number of rotatable bonds is 7. The molecule has 0 radical (unpaired) electrons. The van der Waals surface area contributed by atoms with Gasteiger partial charge in [-0.2, -0.15) is 0 Å². The summed E-state index contributed by atoms with van der Waals surface area (Å²) in [7, 11) is 0. The summed E-state index contributed by atoms with van der Waals surface area (Å²) in [4.78, 5) is 39.5. The van der Waals surface area contributed by atoms with Crippen LogP contribution in [0.4, 0.5) is 5.82 Å². The molecule has 2 amide bonds. The number of amides is 2. The molecule has 1 aromatic heterocycles. The Morgan fingerprint density at radius 1 is 1.33 bits per heavy atom. The Morgan fingerprint density at radius 3 is 2.62 bits per heavy atom. The Bertz CT molecular complexity index is 531. The Labute approximate surface area is 123 Å². The molecule has 0 fully saturated rings. The van der Waals surface area contributed by atoms with E-state index in [1.165, 1.54) is 30.2 Å². The van der Waals surface area contributed by atoms with Crippen LogP contribution in [-0.2, 0) is 9.59 Å². The first-order valence-corrected chi connectivity index (χ1v) is 6.68. The first-order chi connectivity index (χ1) is 9.93. The molecule has 7 heteroatoms. The van der Waals surface area contributed by atoms with Gasteiger partial charge in [0.15, 0.2) is 0 Å². The summed E-state index contributed by atoms with van der Waals surface area (Å²) in [5.74, 6) is -1.20. The third kappa shape index (κ3) is 5.60. The molecule has 1 heterocycles. The number of pyridine rings is 1. The van der Waals surface area contributed by atoms with E-state index in [2.05, 4.69) is 10.3 Å². The van der Waals surface area contributed by atoms with Crippen molar-refractivity contribution >= 4 is 23.6 Å². The summed E-state index contributed by atoms with van der Waals surface area (Å²) < 4.78 is 0. The minimum absolute atomic E-state index is 0.102. The van der Waals surface area contributed by atoms with E-state index in [1.807, 2.05) is 6.92 Å². The molecule has 0 bridgehead atoms. The number of hydrogen-bond acceptors (Lipinski definition) is 4. The van der Waals surface area contributed by atoms with Crippen molar-refractivity contribution in [2.24, 2.45) is 0 Å². The van der Waals surface area contributed by atoms with Crippen LogP contribution in [0.1, 0.15) is 37.0 Å². The van der Waals surface area contributed by atoms with Gasteiger partial charge in [0.1, 0.15) is 5.82 Å². The van der Waals surface area contributed by atoms with Crippen LogP contribution < -0.4 is 5.32 Å². The standard InChI is InChI=1S/C14H19N3O4/c1-3-7-17(8-5-13(19)20)14(21)11-4-6-15-12(9-11)16-10(2)18/h4,6,9H,3,5,7-8H2,1-2H3,(H,19,20)(H,15,16,18). The van der Waals surface area contributed by atoms with Crippen LogP contribution in [0.2, 0.25) is 0 Å². The molecule has 0 atom stereocenters. The predicted octanol–water partition coefficient (Wildman–Crippen LogP) is 1.37. The number of carbonyl (C=O) groups excluding carboxylic acids is 2. The van der Waals surface area contributed by atoms with Crippen molar-refractivity contribution < 1.29 is 19.5 Å². The molecule has 21 heavy (non-hydrogen) atoms. The quantitative estimate of drug-likeness (QED) is 0.791. The fourth-order valence-corrected chi connectivity index (χ4v) is 1.81. The Hall–Kier alpha value is -2.44. The SMILES string of the molecule is CCCN(CCC(=O)O)C(=O)c1ccnc(NC(C)=O)c1. The highest BCUT2D eigenvalue weighted by Gasteiger charge is 2.16. The molecule has 1 aromatic rings. The van der Waals surface area contributed by atoms with Crippen molar-refractivity contribution in [3.05, 3.63) is 23.9 Å². The van der Waals surface area contributed by atoms with Gasteiger partial charge in [-0.1, -0.05) is 6.92 Å². The van der Waals surface area contributed by atoms with Gasteiger partial charge in [0.25, 0.3) is 5.91 Å². The van der Waals surface area contributed by atoms with Gasteiger partial charge in [0, 0.05) is 31.8 Å². The van der Waals surface area contributed by atoms with Crippen molar-refractivity contribution in [2.45, 2.75) is 26.7 Å². The number of aliphatic carboxylic acids is 1. The lowest BCUT2D eigenvalue weighted by atomic mass is 10.2. The third-order valence-corrected chi connectivity index (χ3v) is 2.69. The van der Waals surface area contributed by atoms with E-state index in [1.54, 1.807) is 0 Å². The predicted molar refractivity (Wildman–Crippen MR) is 77.0 cm³/mol. The lowest BCUT2D eigenvalue weighted by molar-refractivity contribution is -0.137. The number of nitrogens with one attached hydrogen (secondary N) is 1. The molecule has 1 rings (SSSR count). The molecule has 0 aliphatic rings. The van der Waals surface area contributed by atoms with Gasteiger partial charge in [0.2, 0.25) is 5.91 Å². The zero-order valence-corrected chi connectivity index (χ0v) is 12.1. The van der Waals surface area contributed by atoms with E-state index < -0.39 is 5.97 Å². The molecule has 0 saturated heterocycles. The minimum Gasteiger partial charge on any atom is -0.481 e. The number of carboxylic acids is 1. The molecular formula is C14H19N3O4. The highest BCUT2D eigenvalue weighted by Crippen LogP contribution is 2.11. The molecular weight excluding hydrogens is 274 g/mol. The first-order valence-electron chi connectivity index (χ1n) is 6.68. The van der Waals surface area contributed by atoms with Crippen LogP contribution in [0, 0.1) is 0 Å². The van der Waals surface area contributed by atoms with Gasteiger partial charge in [0.05, 0.1) is 6.42 Å². The van der Waals surface area contributed by atoms with Gasteiger partial charge in [-0.05, 0) is 18.6 Å². The van der Waals surface area contributed by atoms with Crippen LogP contribution in [0.25, 0.3) is 0 Å². The molecule has 0 aliphatic heterocycles. The van der Waals surface area contributed by atoms with Crippen LogP contribution in [0.3, 0.4) is 0 Å². The number of carbonyl (C=O) groups is 3. The zero-order chi connectivity index (χ0) is 15.8.